The number of carboxylic acids is 1. The Bertz CT molecular complexity index is 328. The zero-order chi connectivity index (χ0) is 10.6. The highest BCUT2D eigenvalue weighted by Gasteiger charge is 2.13. The molecule has 0 amide bonds. The van der Waals surface area contributed by atoms with Gasteiger partial charge in [-0.3, -0.25) is 0 Å². The fourth-order valence-electron chi connectivity index (χ4n) is 1.22. The molecule has 0 unspecified atom stereocenters. The third-order valence-corrected chi connectivity index (χ3v) is 1.84. The molecule has 5 heteroatoms. The van der Waals surface area contributed by atoms with E-state index in [-0.39, 0.29) is 5.56 Å². The number of aromatic nitrogens is 2. The van der Waals surface area contributed by atoms with Crippen LogP contribution in [0.3, 0.4) is 0 Å². The van der Waals surface area contributed by atoms with Crippen LogP contribution in [-0.2, 0) is 0 Å². The van der Waals surface area contributed by atoms with E-state index in [9.17, 15) is 4.79 Å². The molecule has 1 aromatic heterocycles. The average molecular weight is 195 g/mol. The number of nitrogens with zero attached hydrogens (tertiary/aromatic N) is 3. The van der Waals surface area contributed by atoms with Crippen molar-refractivity contribution in [2.75, 3.05) is 18.5 Å². The highest BCUT2D eigenvalue weighted by molar-refractivity contribution is 5.92. The SMILES string of the molecule is CCCN(C)c1ncncc1C(=O)O. The maximum atomic E-state index is 10.8. The van der Waals surface area contributed by atoms with Gasteiger partial charge in [0.15, 0.2) is 0 Å². The summed E-state index contributed by atoms with van der Waals surface area (Å²) in [5, 5.41) is 8.88. The molecule has 1 heterocycles. The van der Waals surface area contributed by atoms with E-state index in [1.54, 1.807) is 0 Å². The van der Waals surface area contributed by atoms with Gasteiger partial charge in [-0.25, -0.2) is 14.8 Å². The van der Waals surface area contributed by atoms with Crippen LogP contribution in [0, 0.1) is 0 Å². The normalized spacial score (nSPS) is 9.86. The molecule has 0 aliphatic rings. The van der Waals surface area contributed by atoms with Crippen LogP contribution in [0.25, 0.3) is 0 Å². The molecule has 0 bridgehead atoms. The Balaban J connectivity index is 3.00. The van der Waals surface area contributed by atoms with Crippen LogP contribution in [-0.4, -0.2) is 34.6 Å². The smallest absolute Gasteiger partial charge is 0.341 e. The molecule has 0 fully saturated rings. The molecule has 0 aliphatic carbocycles. The Morgan fingerprint density at radius 1 is 1.64 bits per heavy atom. The second kappa shape index (κ2) is 4.55. The average Bonchev–Trinajstić information content (AvgIpc) is 2.18. The molecule has 14 heavy (non-hydrogen) atoms. The van der Waals surface area contributed by atoms with Gasteiger partial charge in [0, 0.05) is 19.8 Å². The number of carbonyl (C=O) groups is 1. The highest BCUT2D eigenvalue weighted by Crippen LogP contribution is 2.14. The van der Waals surface area contributed by atoms with E-state index in [0.29, 0.717) is 5.82 Å². The fraction of sp³-hybridized carbons (Fsp3) is 0.444. The first-order valence-electron chi connectivity index (χ1n) is 4.41. The summed E-state index contributed by atoms with van der Waals surface area (Å²) < 4.78 is 0. The van der Waals surface area contributed by atoms with E-state index in [0.717, 1.165) is 13.0 Å². The molecule has 0 saturated heterocycles. The van der Waals surface area contributed by atoms with E-state index < -0.39 is 5.97 Å². The van der Waals surface area contributed by atoms with Gasteiger partial charge in [-0.2, -0.15) is 0 Å². The van der Waals surface area contributed by atoms with Crippen LogP contribution in [0.15, 0.2) is 12.5 Å². The van der Waals surface area contributed by atoms with Crippen LogP contribution in [0.1, 0.15) is 23.7 Å². The number of rotatable bonds is 4. The van der Waals surface area contributed by atoms with Gasteiger partial charge in [0.25, 0.3) is 0 Å². The molecule has 0 aliphatic heterocycles. The largest absolute Gasteiger partial charge is 0.477 e. The molecule has 0 spiro atoms. The van der Waals surface area contributed by atoms with Gasteiger partial charge in [-0.05, 0) is 6.42 Å². The van der Waals surface area contributed by atoms with Crippen molar-refractivity contribution in [1.29, 1.82) is 0 Å². The Kier molecular flexibility index (Phi) is 3.39. The summed E-state index contributed by atoms with van der Waals surface area (Å²) in [6.07, 6.45) is 3.62. The van der Waals surface area contributed by atoms with Crippen molar-refractivity contribution in [2.24, 2.45) is 0 Å². The quantitative estimate of drug-likeness (QED) is 0.777. The first kappa shape index (κ1) is 10.4. The lowest BCUT2D eigenvalue weighted by Gasteiger charge is -2.18. The molecule has 76 valence electrons. The third-order valence-electron chi connectivity index (χ3n) is 1.84. The Morgan fingerprint density at radius 3 is 2.93 bits per heavy atom. The Morgan fingerprint density at radius 2 is 2.36 bits per heavy atom. The summed E-state index contributed by atoms with van der Waals surface area (Å²) in [7, 11) is 1.82. The van der Waals surface area contributed by atoms with Gasteiger partial charge < -0.3 is 10.0 Å². The maximum Gasteiger partial charge on any atom is 0.341 e. The van der Waals surface area contributed by atoms with Gasteiger partial charge in [-0.1, -0.05) is 6.92 Å². The monoisotopic (exact) mass is 195 g/mol. The van der Waals surface area contributed by atoms with Gasteiger partial charge in [0.2, 0.25) is 0 Å². The Labute approximate surface area is 82.4 Å². The van der Waals surface area contributed by atoms with E-state index in [4.69, 9.17) is 5.11 Å². The van der Waals surface area contributed by atoms with Crippen LogP contribution >= 0.6 is 0 Å². The molecule has 1 rings (SSSR count). The standard InChI is InChI=1S/C9H13N3O2/c1-3-4-12(2)8-7(9(13)14)5-10-6-11-8/h5-6H,3-4H2,1-2H3,(H,13,14). The van der Waals surface area contributed by atoms with Crippen molar-refractivity contribution in [3.8, 4) is 0 Å². The predicted octanol–water partition coefficient (Wildman–Crippen LogP) is 1.02. The third kappa shape index (κ3) is 2.18. The lowest BCUT2D eigenvalue weighted by molar-refractivity contribution is 0.0696. The van der Waals surface area contributed by atoms with Gasteiger partial charge in [0.05, 0.1) is 0 Å². The summed E-state index contributed by atoms with van der Waals surface area (Å²) in [6, 6.07) is 0. The van der Waals surface area contributed by atoms with Crippen LogP contribution in [0.2, 0.25) is 0 Å². The first-order valence-corrected chi connectivity index (χ1v) is 4.41. The molecule has 1 aromatic rings. The van der Waals surface area contributed by atoms with Crippen molar-refractivity contribution in [3.05, 3.63) is 18.1 Å². The predicted molar refractivity (Wildman–Crippen MR) is 52.6 cm³/mol. The minimum atomic E-state index is -0.997. The van der Waals surface area contributed by atoms with E-state index in [1.807, 2.05) is 18.9 Å². The molecular formula is C9H13N3O2. The number of carboxylic acid groups (broad SMARTS) is 1. The second-order valence-electron chi connectivity index (χ2n) is 2.99. The second-order valence-corrected chi connectivity index (χ2v) is 2.99. The topological polar surface area (TPSA) is 66.3 Å². The van der Waals surface area contributed by atoms with E-state index in [2.05, 4.69) is 9.97 Å². The van der Waals surface area contributed by atoms with Crippen molar-refractivity contribution >= 4 is 11.8 Å². The maximum absolute atomic E-state index is 10.8. The Hall–Kier alpha value is -1.65. The van der Waals surface area contributed by atoms with Crippen LogP contribution in [0.4, 0.5) is 5.82 Å². The summed E-state index contributed by atoms with van der Waals surface area (Å²) in [4.78, 5) is 20.3. The number of anilines is 1. The van der Waals surface area contributed by atoms with Gasteiger partial charge in [-0.15, -0.1) is 0 Å². The van der Waals surface area contributed by atoms with Crippen molar-refractivity contribution in [2.45, 2.75) is 13.3 Å². The highest BCUT2D eigenvalue weighted by atomic mass is 16.4. The lowest BCUT2D eigenvalue weighted by atomic mass is 10.3. The van der Waals surface area contributed by atoms with E-state index in [1.165, 1.54) is 12.5 Å². The first-order chi connectivity index (χ1) is 6.66. The zero-order valence-corrected chi connectivity index (χ0v) is 8.27. The molecule has 0 atom stereocenters. The van der Waals surface area contributed by atoms with Crippen molar-refractivity contribution in [1.82, 2.24) is 9.97 Å². The number of hydrogen-bond acceptors (Lipinski definition) is 4. The minimum absolute atomic E-state index is 0.142. The minimum Gasteiger partial charge on any atom is -0.477 e. The van der Waals surface area contributed by atoms with Crippen LogP contribution in [0.5, 0.6) is 0 Å². The summed E-state index contributed by atoms with van der Waals surface area (Å²) >= 11 is 0. The summed E-state index contributed by atoms with van der Waals surface area (Å²) in [6.45, 7) is 2.80. The zero-order valence-electron chi connectivity index (χ0n) is 8.27. The molecule has 5 nitrogen and oxygen atoms in total. The molecule has 0 saturated carbocycles. The van der Waals surface area contributed by atoms with Gasteiger partial charge >= 0.3 is 5.97 Å². The van der Waals surface area contributed by atoms with E-state index >= 15 is 0 Å². The molecule has 0 aromatic carbocycles. The van der Waals surface area contributed by atoms with Gasteiger partial charge in [0.1, 0.15) is 17.7 Å². The summed E-state index contributed by atoms with van der Waals surface area (Å²) in [5.41, 5.74) is 0.142. The van der Waals surface area contributed by atoms with Crippen molar-refractivity contribution < 1.29 is 9.90 Å². The number of aromatic carboxylic acids is 1. The lowest BCUT2D eigenvalue weighted by Crippen LogP contribution is -2.22. The molecular weight excluding hydrogens is 182 g/mol. The fourth-order valence-corrected chi connectivity index (χ4v) is 1.22. The molecule has 0 radical (unpaired) electrons. The number of hydrogen-bond donors (Lipinski definition) is 1. The summed E-state index contributed by atoms with van der Waals surface area (Å²) in [5.74, 6) is -0.530. The van der Waals surface area contributed by atoms with Crippen molar-refractivity contribution in [3.63, 3.8) is 0 Å². The van der Waals surface area contributed by atoms with Crippen LogP contribution < -0.4 is 4.90 Å². The molecule has 1 N–H and O–H groups in total.